The lowest BCUT2D eigenvalue weighted by Crippen LogP contribution is -2.35. The van der Waals surface area contributed by atoms with Crippen LogP contribution >= 0.6 is 11.8 Å². The summed E-state index contributed by atoms with van der Waals surface area (Å²) in [6.07, 6.45) is 1.32. The Labute approximate surface area is 208 Å². The first-order valence-corrected chi connectivity index (χ1v) is 13.6. The summed E-state index contributed by atoms with van der Waals surface area (Å²) in [5, 5.41) is 19.6. The molecular weight excluding hydrogens is 475 g/mol. The monoisotopic (exact) mass is 509 g/mol. The fourth-order valence-electron chi connectivity index (χ4n) is 5.99. The molecule has 1 aromatic carbocycles. The molecule has 1 saturated carbocycles. The molecule has 2 aromatic rings. The fraction of sp³-hybridized carbons (Fsp3) is 0.680. The molecule has 3 aliphatic rings. The maximum Gasteiger partial charge on any atom is 0.416 e. The molecule has 2 saturated heterocycles. The van der Waals surface area contributed by atoms with Crippen LogP contribution in [0.2, 0.25) is 0 Å². The fourth-order valence-corrected chi connectivity index (χ4v) is 6.83. The topological polar surface area (TPSA) is 57.4 Å². The molecule has 0 radical (unpaired) electrons. The number of fused-ring (bicyclic) bond motifs is 1. The summed E-state index contributed by atoms with van der Waals surface area (Å²) in [5.74, 6) is 2.99. The predicted octanol–water partition coefficient (Wildman–Crippen LogP) is 4.55. The SMILES string of the molecule is Cn1c(SCCCN2CC3CCN(c4ccc(C(F)(F)F)cc4)C3C2)nnc1C1CCC(O)CC1. The van der Waals surface area contributed by atoms with Crippen molar-refractivity contribution in [2.75, 3.05) is 36.8 Å². The predicted molar refractivity (Wildman–Crippen MR) is 131 cm³/mol. The van der Waals surface area contributed by atoms with Crippen LogP contribution in [0.4, 0.5) is 18.9 Å². The molecule has 3 fully saturated rings. The van der Waals surface area contributed by atoms with Gasteiger partial charge >= 0.3 is 6.18 Å². The summed E-state index contributed by atoms with van der Waals surface area (Å²) in [6, 6.07) is 6.02. The van der Waals surface area contributed by atoms with E-state index in [4.69, 9.17) is 0 Å². The molecular formula is C25H34F3N5OS. The number of thioether (sulfide) groups is 1. The van der Waals surface area contributed by atoms with Crippen molar-refractivity contribution in [2.24, 2.45) is 13.0 Å². The van der Waals surface area contributed by atoms with Crippen molar-refractivity contribution in [2.45, 2.75) is 67.9 Å². The van der Waals surface area contributed by atoms with Crippen LogP contribution < -0.4 is 4.90 Å². The number of aliphatic hydroxyl groups excluding tert-OH is 1. The highest BCUT2D eigenvalue weighted by Gasteiger charge is 2.41. The quantitative estimate of drug-likeness (QED) is 0.437. The molecule has 1 N–H and O–H groups in total. The molecule has 1 aromatic heterocycles. The van der Waals surface area contributed by atoms with Crippen LogP contribution in [-0.2, 0) is 13.2 Å². The number of halogens is 3. The van der Waals surface area contributed by atoms with Gasteiger partial charge in [-0.1, -0.05) is 11.8 Å². The zero-order chi connectivity index (χ0) is 24.6. The molecule has 35 heavy (non-hydrogen) atoms. The zero-order valence-electron chi connectivity index (χ0n) is 20.1. The van der Waals surface area contributed by atoms with Gasteiger partial charge in [-0.25, -0.2) is 0 Å². The molecule has 2 aliphatic heterocycles. The molecule has 2 unspecified atom stereocenters. The first kappa shape index (κ1) is 24.9. The number of aliphatic hydroxyl groups is 1. The van der Waals surface area contributed by atoms with E-state index in [1.807, 2.05) is 7.05 Å². The number of aromatic nitrogens is 3. The lowest BCUT2D eigenvalue weighted by atomic mass is 9.87. The van der Waals surface area contributed by atoms with Gasteiger partial charge in [-0.15, -0.1) is 10.2 Å². The first-order valence-electron chi connectivity index (χ1n) is 12.7. The third-order valence-electron chi connectivity index (χ3n) is 7.93. The van der Waals surface area contributed by atoms with E-state index in [9.17, 15) is 18.3 Å². The first-order chi connectivity index (χ1) is 16.8. The number of anilines is 1. The molecule has 5 rings (SSSR count). The largest absolute Gasteiger partial charge is 0.416 e. The molecule has 6 nitrogen and oxygen atoms in total. The zero-order valence-corrected chi connectivity index (χ0v) is 20.9. The van der Waals surface area contributed by atoms with Crippen molar-refractivity contribution in [1.82, 2.24) is 19.7 Å². The number of alkyl halides is 3. The van der Waals surface area contributed by atoms with Crippen LogP contribution in [-0.4, -0.2) is 68.8 Å². The van der Waals surface area contributed by atoms with Gasteiger partial charge in [-0.3, -0.25) is 0 Å². The van der Waals surface area contributed by atoms with E-state index in [2.05, 4.69) is 24.6 Å². The van der Waals surface area contributed by atoms with E-state index in [1.165, 1.54) is 12.1 Å². The minimum Gasteiger partial charge on any atom is -0.393 e. The van der Waals surface area contributed by atoms with Gasteiger partial charge in [0.2, 0.25) is 0 Å². The Bertz CT molecular complexity index is 990. The van der Waals surface area contributed by atoms with Gasteiger partial charge in [-0.2, -0.15) is 13.2 Å². The molecule has 10 heteroatoms. The molecule has 0 bridgehead atoms. The van der Waals surface area contributed by atoms with Crippen molar-refractivity contribution >= 4 is 17.4 Å². The van der Waals surface area contributed by atoms with E-state index >= 15 is 0 Å². The number of hydrogen-bond donors (Lipinski definition) is 1. The van der Waals surface area contributed by atoms with Gasteiger partial charge in [-0.05, 0) is 75.3 Å². The van der Waals surface area contributed by atoms with Gasteiger partial charge in [0.15, 0.2) is 5.16 Å². The third-order valence-corrected chi connectivity index (χ3v) is 9.04. The molecule has 192 valence electrons. The Hall–Kier alpha value is -1.78. The second kappa shape index (κ2) is 10.3. The summed E-state index contributed by atoms with van der Waals surface area (Å²) in [4.78, 5) is 4.80. The van der Waals surface area contributed by atoms with E-state index < -0.39 is 11.7 Å². The molecule has 3 heterocycles. The smallest absolute Gasteiger partial charge is 0.393 e. The van der Waals surface area contributed by atoms with Crippen molar-refractivity contribution in [1.29, 1.82) is 0 Å². The summed E-state index contributed by atoms with van der Waals surface area (Å²) in [5.41, 5.74) is 0.309. The number of benzene rings is 1. The van der Waals surface area contributed by atoms with Crippen LogP contribution in [0.3, 0.4) is 0 Å². The average Bonchev–Trinajstić information content (AvgIpc) is 3.51. The van der Waals surface area contributed by atoms with E-state index in [0.717, 1.165) is 87.1 Å². The minimum atomic E-state index is -4.29. The van der Waals surface area contributed by atoms with Gasteiger partial charge in [0.1, 0.15) is 5.82 Å². The summed E-state index contributed by atoms with van der Waals surface area (Å²) in [7, 11) is 2.04. The standard InChI is InChI=1S/C25H34F3N5OS/c1-31-23(17-3-9-21(34)10-4-17)29-30-24(31)35-14-2-12-32-15-18-11-13-33(22(18)16-32)20-7-5-19(6-8-20)25(26,27)28/h5-8,17-18,21-22,34H,2-4,9-16H2,1H3. The minimum absolute atomic E-state index is 0.166. The number of likely N-dealkylation sites (tertiary alicyclic amines) is 1. The van der Waals surface area contributed by atoms with Crippen molar-refractivity contribution in [3.63, 3.8) is 0 Å². The molecule has 2 atom stereocenters. The average molecular weight is 510 g/mol. The Morgan fingerprint density at radius 1 is 1.03 bits per heavy atom. The van der Waals surface area contributed by atoms with Gasteiger partial charge in [0.25, 0.3) is 0 Å². The van der Waals surface area contributed by atoms with Gasteiger partial charge < -0.3 is 19.5 Å². The van der Waals surface area contributed by atoms with Crippen LogP contribution in [0.15, 0.2) is 29.4 Å². The third kappa shape index (κ3) is 5.49. The summed E-state index contributed by atoms with van der Waals surface area (Å²) in [6.45, 7) is 3.97. The molecule has 1 aliphatic carbocycles. The Morgan fingerprint density at radius 3 is 2.49 bits per heavy atom. The maximum atomic E-state index is 12.9. The number of nitrogens with zero attached hydrogens (tertiary/aromatic N) is 5. The van der Waals surface area contributed by atoms with Crippen LogP contribution in [0, 0.1) is 5.92 Å². The van der Waals surface area contributed by atoms with Crippen LogP contribution in [0.25, 0.3) is 0 Å². The lowest BCUT2D eigenvalue weighted by molar-refractivity contribution is -0.137. The Balaban J connectivity index is 1.08. The van der Waals surface area contributed by atoms with Crippen molar-refractivity contribution in [3.8, 4) is 0 Å². The normalized spacial score (nSPS) is 27.5. The van der Waals surface area contributed by atoms with Crippen LogP contribution in [0.1, 0.15) is 55.8 Å². The van der Waals surface area contributed by atoms with Gasteiger partial charge in [0, 0.05) is 50.1 Å². The highest BCUT2D eigenvalue weighted by molar-refractivity contribution is 7.99. The van der Waals surface area contributed by atoms with E-state index in [0.29, 0.717) is 17.9 Å². The highest BCUT2D eigenvalue weighted by Crippen LogP contribution is 2.37. The van der Waals surface area contributed by atoms with Crippen LogP contribution in [0.5, 0.6) is 0 Å². The maximum absolute atomic E-state index is 12.9. The van der Waals surface area contributed by atoms with Gasteiger partial charge in [0.05, 0.1) is 11.7 Å². The van der Waals surface area contributed by atoms with Crippen molar-refractivity contribution < 1.29 is 18.3 Å². The second-order valence-electron chi connectivity index (χ2n) is 10.2. The summed E-state index contributed by atoms with van der Waals surface area (Å²) >= 11 is 1.75. The van der Waals surface area contributed by atoms with E-state index in [-0.39, 0.29) is 6.10 Å². The summed E-state index contributed by atoms with van der Waals surface area (Å²) < 4.78 is 40.8. The Kier molecular flexibility index (Phi) is 7.33. The lowest BCUT2D eigenvalue weighted by Gasteiger charge is -2.27. The van der Waals surface area contributed by atoms with E-state index in [1.54, 1.807) is 23.9 Å². The molecule has 0 amide bonds. The number of rotatable bonds is 7. The number of hydrogen-bond acceptors (Lipinski definition) is 6. The second-order valence-corrected chi connectivity index (χ2v) is 11.3. The highest BCUT2D eigenvalue weighted by atomic mass is 32.2. The molecule has 0 spiro atoms. The van der Waals surface area contributed by atoms with Crippen molar-refractivity contribution in [3.05, 3.63) is 35.7 Å². The Morgan fingerprint density at radius 2 is 1.77 bits per heavy atom.